The van der Waals surface area contributed by atoms with Crippen molar-refractivity contribution in [2.75, 3.05) is 7.11 Å². The van der Waals surface area contributed by atoms with Gasteiger partial charge in [0.15, 0.2) is 0 Å². The van der Waals surface area contributed by atoms with Crippen LogP contribution in [0.5, 0.6) is 5.75 Å². The first-order valence-corrected chi connectivity index (χ1v) is 10.3. The Balaban J connectivity index is 1.61. The first-order valence-electron chi connectivity index (χ1n) is 10.3. The minimum atomic E-state index is -0.472. The summed E-state index contributed by atoms with van der Waals surface area (Å²) in [6.45, 7) is 0.507. The third-order valence-electron chi connectivity index (χ3n) is 5.98. The van der Waals surface area contributed by atoms with Gasteiger partial charge in [-0.3, -0.25) is 14.0 Å². The number of methoxy groups -OCH3 is 1. The van der Waals surface area contributed by atoms with E-state index in [-0.39, 0.29) is 28.8 Å². The number of aromatic nitrogens is 3. The molecule has 1 N–H and O–H groups in total. The SMILES string of the molecule is COc1ccc(-c2cn3cc(C(=O)NC4CCC4)nc3c(=O)n2CC2CC2)c(F)c1. The van der Waals surface area contributed by atoms with E-state index >= 15 is 0 Å². The van der Waals surface area contributed by atoms with Crippen molar-refractivity contribution in [1.29, 1.82) is 0 Å². The van der Waals surface area contributed by atoms with Gasteiger partial charge in [-0.15, -0.1) is 0 Å². The molecule has 1 amide bonds. The van der Waals surface area contributed by atoms with Gasteiger partial charge in [0.05, 0.1) is 12.8 Å². The molecule has 0 saturated heterocycles. The number of carbonyl (C=O) groups is 1. The van der Waals surface area contributed by atoms with E-state index in [0.29, 0.717) is 29.5 Å². The lowest BCUT2D eigenvalue weighted by atomic mass is 9.93. The van der Waals surface area contributed by atoms with Crippen LogP contribution in [0, 0.1) is 11.7 Å². The number of halogens is 1. The zero-order valence-electron chi connectivity index (χ0n) is 16.7. The summed E-state index contributed by atoms with van der Waals surface area (Å²) in [5.41, 5.74) is 0.821. The highest BCUT2D eigenvalue weighted by Gasteiger charge is 2.27. The molecule has 2 saturated carbocycles. The molecule has 30 heavy (non-hydrogen) atoms. The largest absolute Gasteiger partial charge is 0.497 e. The number of benzene rings is 1. The Morgan fingerprint density at radius 3 is 2.70 bits per heavy atom. The first kappa shape index (κ1) is 18.8. The van der Waals surface area contributed by atoms with Gasteiger partial charge < -0.3 is 14.6 Å². The highest BCUT2D eigenvalue weighted by molar-refractivity contribution is 5.93. The number of amides is 1. The predicted molar refractivity (Wildman–Crippen MR) is 109 cm³/mol. The van der Waals surface area contributed by atoms with Crippen molar-refractivity contribution >= 4 is 11.6 Å². The van der Waals surface area contributed by atoms with E-state index in [1.807, 2.05) is 0 Å². The van der Waals surface area contributed by atoms with Crippen LogP contribution in [-0.4, -0.2) is 33.0 Å². The van der Waals surface area contributed by atoms with Crippen LogP contribution in [-0.2, 0) is 6.54 Å². The Labute approximate surface area is 172 Å². The van der Waals surface area contributed by atoms with Crippen molar-refractivity contribution in [3.8, 4) is 17.0 Å². The van der Waals surface area contributed by atoms with Gasteiger partial charge >= 0.3 is 0 Å². The van der Waals surface area contributed by atoms with E-state index < -0.39 is 5.82 Å². The molecule has 7 nitrogen and oxygen atoms in total. The van der Waals surface area contributed by atoms with Gasteiger partial charge in [0.2, 0.25) is 5.65 Å². The van der Waals surface area contributed by atoms with E-state index in [1.54, 1.807) is 22.9 Å². The lowest BCUT2D eigenvalue weighted by Gasteiger charge is -2.25. The number of nitrogens with one attached hydrogen (secondary N) is 1. The molecule has 1 aromatic carbocycles. The lowest BCUT2D eigenvalue weighted by molar-refractivity contribution is 0.0912. The van der Waals surface area contributed by atoms with Crippen LogP contribution in [0.3, 0.4) is 0 Å². The number of hydrogen-bond donors (Lipinski definition) is 1. The number of imidazole rings is 1. The maximum absolute atomic E-state index is 14.8. The summed E-state index contributed by atoms with van der Waals surface area (Å²) in [6.07, 6.45) is 8.35. The van der Waals surface area contributed by atoms with E-state index in [0.717, 1.165) is 32.1 Å². The van der Waals surface area contributed by atoms with Crippen LogP contribution in [0.25, 0.3) is 16.9 Å². The molecular weight excluding hydrogens is 387 g/mol. The van der Waals surface area contributed by atoms with Crippen molar-refractivity contribution in [3.63, 3.8) is 0 Å². The number of ether oxygens (including phenoxy) is 1. The van der Waals surface area contributed by atoms with Crippen molar-refractivity contribution in [2.45, 2.75) is 44.7 Å². The molecule has 0 radical (unpaired) electrons. The standard InChI is InChI=1S/C22H23FN4O3/c1-30-15-7-8-16(17(23)9-15)19-12-26-11-18(21(28)24-14-3-2-4-14)25-20(26)22(29)27(19)10-13-5-6-13/h7-9,11-14H,2-6,10H2,1H3,(H,24,28). The molecule has 8 heteroatoms. The maximum atomic E-state index is 14.8. The second kappa shape index (κ2) is 7.27. The Bertz CT molecular complexity index is 1190. The van der Waals surface area contributed by atoms with E-state index in [2.05, 4.69) is 10.3 Å². The average Bonchev–Trinajstić information content (AvgIpc) is 3.42. The van der Waals surface area contributed by atoms with Gasteiger partial charge in [0, 0.05) is 36.6 Å². The Morgan fingerprint density at radius 2 is 2.07 bits per heavy atom. The molecule has 3 aromatic rings. The summed E-state index contributed by atoms with van der Waals surface area (Å²) in [4.78, 5) is 30.1. The number of rotatable bonds is 6. The number of carbonyl (C=O) groups excluding carboxylic acids is 1. The maximum Gasteiger partial charge on any atom is 0.294 e. The smallest absolute Gasteiger partial charge is 0.294 e. The Kier molecular flexibility index (Phi) is 4.56. The molecule has 156 valence electrons. The molecule has 2 aliphatic carbocycles. The van der Waals surface area contributed by atoms with Crippen LogP contribution < -0.4 is 15.6 Å². The van der Waals surface area contributed by atoms with Gasteiger partial charge in [-0.2, -0.15) is 0 Å². The third-order valence-corrected chi connectivity index (χ3v) is 5.98. The summed E-state index contributed by atoms with van der Waals surface area (Å²) >= 11 is 0. The summed E-state index contributed by atoms with van der Waals surface area (Å²) < 4.78 is 23.0. The molecular formula is C22H23FN4O3. The van der Waals surface area contributed by atoms with Gasteiger partial charge in [-0.1, -0.05) is 0 Å². The predicted octanol–water partition coefficient (Wildman–Crippen LogP) is 3.00. The zero-order valence-corrected chi connectivity index (χ0v) is 16.7. The fraction of sp³-hybridized carbons (Fsp3) is 0.409. The highest BCUT2D eigenvalue weighted by atomic mass is 19.1. The van der Waals surface area contributed by atoms with Gasteiger partial charge in [-0.05, 0) is 50.2 Å². The fourth-order valence-electron chi connectivity index (χ4n) is 3.79. The van der Waals surface area contributed by atoms with Crippen molar-refractivity contribution in [1.82, 2.24) is 19.3 Å². The second-order valence-corrected chi connectivity index (χ2v) is 8.18. The molecule has 0 spiro atoms. The lowest BCUT2D eigenvalue weighted by Crippen LogP contribution is -2.39. The number of nitrogens with zero attached hydrogens (tertiary/aromatic N) is 3. The van der Waals surface area contributed by atoms with Crippen molar-refractivity contribution in [3.05, 3.63) is 52.5 Å². The average molecular weight is 410 g/mol. The molecule has 0 atom stereocenters. The molecule has 2 heterocycles. The normalized spacial score (nSPS) is 16.5. The van der Waals surface area contributed by atoms with Crippen LogP contribution in [0.4, 0.5) is 4.39 Å². The molecule has 2 aromatic heterocycles. The van der Waals surface area contributed by atoms with Gasteiger partial charge in [-0.25, -0.2) is 9.37 Å². The summed E-state index contributed by atoms with van der Waals surface area (Å²) in [6, 6.07) is 4.76. The van der Waals surface area contributed by atoms with E-state index in [4.69, 9.17) is 4.74 Å². The molecule has 0 aliphatic heterocycles. The molecule has 0 bridgehead atoms. The molecule has 0 unspecified atom stereocenters. The van der Waals surface area contributed by atoms with Crippen molar-refractivity contribution < 1.29 is 13.9 Å². The van der Waals surface area contributed by atoms with Gasteiger partial charge in [0.25, 0.3) is 11.5 Å². The minimum Gasteiger partial charge on any atom is -0.497 e. The Hall–Kier alpha value is -3.16. The molecule has 2 fully saturated rings. The minimum absolute atomic E-state index is 0.173. The van der Waals surface area contributed by atoms with Crippen LogP contribution in [0.15, 0.2) is 35.4 Å². The third kappa shape index (κ3) is 3.36. The van der Waals surface area contributed by atoms with Crippen LogP contribution >= 0.6 is 0 Å². The second-order valence-electron chi connectivity index (χ2n) is 8.18. The quantitative estimate of drug-likeness (QED) is 0.678. The highest BCUT2D eigenvalue weighted by Crippen LogP contribution is 2.33. The van der Waals surface area contributed by atoms with Crippen LogP contribution in [0.1, 0.15) is 42.6 Å². The topological polar surface area (TPSA) is 77.6 Å². The zero-order chi connectivity index (χ0) is 20.8. The Morgan fingerprint density at radius 1 is 1.27 bits per heavy atom. The molecule has 2 aliphatic rings. The van der Waals surface area contributed by atoms with Gasteiger partial charge in [0.1, 0.15) is 17.3 Å². The monoisotopic (exact) mass is 410 g/mol. The molecule has 5 rings (SSSR count). The van der Waals surface area contributed by atoms with Crippen molar-refractivity contribution in [2.24, 2.45) is 5.92 Å². The number of hydrogen-bond acceptors (Lipinski definition) is 4. The van der Waals surface area contributed by atoms with E-state index in [9.17, 15) is 14.0 Å². The number of fused-ring (bicyclic) bond motifs is 1. The van der Waals surface area contributed by atoms with Crippen LogP contribution in [0.2, 0.25) is 0 Å². The first-order chi connectivity index (χ1) is 14.5. The summed E-state index contributed by atoms with van der Waals surface area (Å²) in [7, 11) is 1.48. The van der Waals surface area contributed by atoms with E-state index in [1.165, 1.54) is 23.8 Å². The fourth-order valence-corrected chi connectivity index (χ4v) is 3.79. The summed E-state index contributed by atoms with van der Waals surface area (Å²) in [5, 5.41) is 2.94. The summed E-state index contributed by atoms with van der Waals surface area (Å²) in [5.74, 6) is 0.0574.